The van der Waals surface area contributed by atoms with Gasteiger partial charge in [0.2, 0.25) is 0 Å². The van der Waals surface area contributed by atoms with Gasteiger partial charge in [-0.2, -0.15) is 4.98 Å². The van der Waals surface area contributed by atoms with E-state index in [1.165, 1.54) is 10.4 Å². The Morgan fingerprint density at radius 2 is 2.33 bits per heavy atom. The van der Waals surface area contributed by atoms with Crippen LogP contribution in [-0.4, -0.2) is 38.1 Å². The zero-order valence-corrected chi connectivity index (χ0v) is 14.4. The number of aromatic nitrogens is 4. The lowest BCUT2D eigenvalue weighted by Gasteiger charge is -2.31. The molecular weight excluding hydrogens is 322 g/mol. The fraction of sp³-hybridized carbons (Fsp3) is 0.412. The van der Waals surface area contributed by atoms with Gasteiger partial charge in [0.15, 0.2) is 5.82 Å². The molecule has 3 aromatic rings. The van der Waals surface area contributed by atoms with Crippen molar-refractivity contribution in [2.45, 2.75) is 32.2 Å². The summed E-state index contributed by atoms with van der Waals surface area (Å²) in [6.07, 6.45) is 7.16. The molecule has 0 aromatic carbocycles. The van der Waals surface area contributed by atoms with Crippen molar-refractivity contribution in [2.24, 2.45) is 0 Å². The molecule has 7 heteroatoms. The molecule has 124 valence electrons. The third-order valence-electron chi connectivity index (χ3n) is 4.43. The number of rotatable bonds is 4. The van der Waals surface area contributed by atoms with Crippen LogP contribution in [0.15, 0.2) is 34.6 Å². The van der Waals surface area contributed by atoms with E-state index in [2.05, 4.69) is 43.4 Å². The number of hydrogen-bond acceptors (Lipinski definition) is 7. The van der Waals surface area contributed by atoms with Crippen LogP contribution in [0.1, 0.15) is 35.0 Å². The molecule has 1 fully saturated rings. The molecular formula is C17H19N5OS. The van der Waals surface area contributed by atoms with Gasteiger partial charge in [0.1, 0.15) is 5.69 Å². The van der Waals surface area contributed by atoms with Crippen LogP contribution in [0.2, 0.25) is 0 Å². The van der Waals surface area contributed by atoms with Gasteiger partial charge in [0.05, 0.1) is 6.20 Å². The second-order valence-electron chi connectivity index (χ2n) is 6.15. The number of hydrogen-bond donors (Lipinski definition) is 0. The van der Waals surface area contributed by atoms with Crippen molar-refractivity contribution in [3.63, 3.8) is 0 Å². The van der Waals surface area contributed by atoms with E-state index in [1.54, 1.807) is 18.6 Å². The van der Waals surface area contributed by atoms with Crippen LogP contribution in [-0.2, 0) is 6.54 Å². The molecule has 0 unspecified atom stereocenters. The Morgan fingerprint density at radius 3 is 3.12 bits per heavy atom. The number of thiophene rings is 1. The average molecular weight is 341 g/mol. The van der Waals surface area contributed by atoms with Crippen molar-refractivity contribution in [3.05, 3.63) is 46.3 Å². The van der Waals surface area contributed by atoms with Crippen LogP contribution in [0.5, 0.6) is 0 Å². The Labute approximate surface area is 144 Å². The lowest BCUT2D eigenvalue weighted by Crippen LogP contribution is -2.34. The van der Waals surface area contributed by atoms with Gasteiger partial charge < -0.3 is 4.52 Å². The molecule has 6 nitrogen and oxygen atoms in total. The smallest absolute Gasteiger partial charge is 0.278 e. The summed E-state index contributed by atoms with van der Waals surface area (Å²) < 4.78 is 5.38. The van der Waals surface area contributed by atoms with Gasteiger partial charge in [-0.3, -0.25) is 9.88 Å². The maximum atomic E-state index is 5.38. The normalized spacial score (nSPS) is 18.8. The van der Waals surface area contributed by atoms with Gasteiger partial charge in [-0.25, -0.2) is 4.98 Å². The summed E-state index contributed by atoms with van der Waals surface area (Å²) in [6, 6.07) is 2.19. The summed E-state index contributed by atoms with van der Waals surface area (Å²) >= 11 is 1.83. The van der Waals surface area contributed by atoms with Crippen molar-refractivity contribution in [1.82, 2.24) is 25.0 Å². The number of likely N-dealkylation sites (tertiary alicyclic amines) is 1. The second-order valence-corrected chi connectivity index (χ2v) is 7.15. The minimum absolute atomic E-state index is 0.313. The van der Waals surface area contributed by atoms with Crippen LogP contribution in [0, 0.1) is 6.92 Å². The van der Waals surface area contributed by atoms with Crippen molar-refractivity contribution >= 4 is 11.3 Å². The first-order valence-corrected chi connectivity index (χ1v) is 9.03. The molecule has 4 rings (SSSR count). The molecule has 1 aliphatic heterocycles. The van der Waals surface area contributed by atoms with Crippen molar-refractivity contribution in [1.29, 1.82) is 0 Å². The molecule has 1 aliphatic rings. The second kappa shape index (κ2) is 6.78. The molecule has 1 saturated heterocycles. The third-order valence-corrected chi connectivity index (χ3v) is 5.44. The zero-order chi connectivity index (χ0) is 16.4. The molecule has 3 aromatic heterocycles. The summed E-state index contributed by atoms with van der Waals surface area (Å²) in [5.74, 6) is 1.54. The van der Waals surface area contributed by atoms with Crippen molar-refractivity contribution in [2.75, 3.05) is 13.1 Å². The summed E-state index contributed by atoms with van der Waals surface area (Å²) in [6.45, 7) is 5.29. The Balaban J connectivity index is 1.46. The fourth-order valence-electron chi connectivity index (χ4n) is 3.09. The van der Waals surface area contributed by atoms with E-state index in [1.807, 2.05) is 11.3 Å². The molecule has 0 saturated carbocycles. The van der Waals surface area contributed by atoms with Crippen LogP contribution in [0.3, 0.4) is 0 Å². The standard InChI is InChI=1S/C17H19N5OS/c1-12-4-8-24-15(12)11-22-7-2-3-13(10-22)16-20-17(23-21-16)14-9-18-5-6-19-14/h4-6,8-9,13H,2-3,7,10-11H2,1H3/t13-/m1/s1. The molecule has 0 amide bonds. The number of piperidine rings is 1. The lowest BCUT2D eigenvalue weighted by molar-refractivity contribution is 0.196. The summed E-state index contributed by atoms with van der Waals surface area (Å²) in [7, 11) is 0. The van der Waals surface area contributed by atoms with Crippen molar-refractivity contribution in [3.8, 4) is 11.6 Å². The topological polar surface area (TPSA) is 67.9 Å². The fourth-order valence-corrected chi connectivity index (χ4v) is 4.04. The molecule has 0 bridgehead atoms. The highest BCUT2D eigenvalue weighted by atomic mass is 32.1. The van der Waals surface area contributed by atoms with E-state index in [4.69, 9.17) is 4.52 Å². The maximum Gasteiger partial charge on any atom is 0.278 e. The first-order valence-electron chi connectivity index (χ1n) is 8.15. The Kier molecular flexibility index (Phi) is 4.36. The number of aryl methyl sites for hydroxylation is 1. The molecule has 4 heterocycles. The summed E-state index contributed by atoms with van der Waals surface area (Å²) in [5.41, 5.74) is 2.00. The monoisotopic (exact) mass is 341 g/mol. The molecule has 1 atom stereocenters. The van der Waals surface area contributed by atoms with E-state index in [0.29, 0.717) is 17.5 Å². The van der Waals surface area contributed by atoms with Crippen molar-refractivity contribution < 1.29 is 4.52 Å². The lowest BCUT2D eigenvalue weighted by atomic mass is 9.97. The average Bonchev–Trinajstić information content (AvgIpc) is 3.26. The summed E-state index contributed by atoms with van der Waals surface area (Å²) in [4.78, 5) is 16.8. The number of nitrogens with zero attached hydrogens (tertiary/aromatic N) is 5. The SMILES string of the molecule is Cc1ccsc1CN1CCC[C@@H](c2noc(-c3cnccn3)n2)C1. The maximum absolute atomic E-state index is 5.38. The Hall–Kier alpha value is -2.12. The Morgan fingerprint density at radius 1 is 1.38 bits per heavy atom. The predicted octanol–water partition coefficient (Wildman–Crippen LogP) is 3.28. The van der Waals surface area contributed by atoms with Gasteiger partial charge in [0, 0.05) is 36.3 Å². The van der Waals surface area contributed by atoms with E-state index >= 15 is 0 Å². The van der Waals surface area contributed by atoms with Gasteiger partial charge >= 0.3 is 0 Å². The molecule has 0 N–H and O–H groups in total. The highest BCUT2D eigenvalue weighted by Crippen LogP contribution is 2.28. The van der Waals surface area contributed by atoms with E-state index < -0.39 is 0 Å². The van der Waals surface area contributed by atoms with Gasteiger partial charge in [-0.05, 0) is 43.3 Å². The van der Waals surface area contributed by atoms with Gasteiger partial charge in [0.25, 0.3) is 5.89 Å². The highest BCUT2D eigenvalue weighted by molar-refractivity contribution is 7.10. The van der Waals surface area contributed by atoms with E-state index in [9.17, 15) is 0 Å². The molecule has 0 radical (unpaired) electrons. The van der Waals surface area contributed by atoms with Crippen LogP contribution < -0.4 is 0 Å². The molecule has 0 spiro atoms. The minimum Gasteiger partial charge on any atom is -0.332 e. The van der Waals surface area contributed by atoms with E-state index in [-0.39, 0.29) is 0 Å². The highest BCUT2D eigenvalue weighted by Gasteiger charge is 2.26. The van der Waals surface area contributed by atoms with Gasteiger partial charge in [-0.1, -0.05) is 5.16 Å². The minimum atomic E-state index is 0.313. The first kappa shape index (κ1) is 15.4. The predicted molar refractivity (Wildman–Crippen MR) is 91.6 cm³/mol. The quantitative estimate of drug-likeness (QED) is 0.725. The van der Waals surface area contributed by atoms with Crippen LogP contribution in [0.4, 0.5) is 0 Å². The molecule has 0 aliphatic carbocycles. The van der Waals surface area contributed by atoms with Gasteiger partial charge in [-0.15, -0.1) is 11.3 Å². The van der Waals surface area contributed by atoms with Crippen LogP contribution >= 0.6 is 11.3 Å². The third kappa shape index (κ3) is 3.22. The largest absolute Gasteiger partial charge is 0.332 e. The zero-order valence-electron chi connectivity index (χ0n) is 13.6. The summed E-state index contributed by atoms with van der Waals surface area (Å²) in [5, 5.41) is 6.35. The van der Waals surface area contributed by atoms with E-state index in [0.717, 1.165) is 38.3 Å². The van der Waals surface area contributed by atoms with Crippen LogP contribution in [0.25, 0.3) is 11.6 Å². The first-order chi connectivity index (χ1) is 11.8. The molecule has 24 heavy (non-hydrogen) atoms. The Bertz CT molecular complexity index is 800.